The molecule has 4 heteroatoms. The van der Waals surface area contributed by atoms with Crippen LogP contribution in [0, 0.1) is 0 Å². The second-order valence-corrected chi connectivity index (χ2v) is 5.10. The number of hydrogen-bond donors (Lipinski definition) is 0. The minimum absolute atomic E-state index is 0.228. The van der Waals surface area contributed by atoms with E-state index in [9.17, 15) is 4.79 Å². The van der Waals surface area contributed by atoms with E-state index in [1.165, 1.54) is 32.4 Å². The number of piperidine rings is 1. The predicted octanol–water partition coefficient (Wildman–Crippen LogP) is 1.28. The number of ether oxygens (including phenoxy) is 1. The molecule has 18 heavy (non-hydrogen) atoms. The molecule has 0 bridgehead atoms. The summed E-state index contributed by atoms with van der Waals surface area (Å²) >= 11 is 0. The molecule has 1 atom stereocenters. The van der Waals surface area contributed by atoms with Crippen LogP contribution < -0.4 is 0 Å². The summed E-state index contributed by atoms with van der Waals surface area (Å²) in [6.45, 7) is 7.85. The fraction of sp³-hybridized carbons (Fsp3) is 0.786. The zero-order valence-corrected chi connectivity index (χ0v) is 11.3. The Kier molecular flexibility index (Phi) is 5.20. The van der Waals surface area contributed by atoms with Crippen LogP contribution in [0.1, 0.15) is 26.2 Å². The monoisotopic (exact) mass is 252 g/mol. The average molecular weight is 252 g/mol. The minimum atomic E-state index is -0.228. The maximum Gasteiger partial charge on any atom is 0.330 e. The number of carbonyl (C=O) groups excluding carboxylic acids is 1. The van der Waals surface area contributed by atoms with E-state index in [-0.39, 0.29) is 5.97 Å². The van der Waals surface area contributed by atoms with Gasteiger partial charge in [0.2, 0.25) is 0 Å². The number of nitrogens with zero attached hydrogens (tertiary/aromatic N) is 2. The molecule has 2 aliphatic rings. The van der Waals surface area contributed by atoms with Crippen molar-refractivity contribution >= 4 is 5.97 Å². The third-order valence-corrected chi connectivity index (χ3v) is 3.83. The van der Waals surface area contributed by atoms with Crippen LogP contribution in [-0.4, -0.2) is 61.1 Å². The van der Waals surface area contributed by atoms with Gasteiger partial charge in [-0.1, -0.05) is 12.5 Å². The van der Waals surface area contributed by atoms with E-state index in [4.69, 9.17) is 4.74 Å². The van der Waals surface area contributed by atoms with Crippen molar-refractivity contribution < 1.29 is 9.53 Å². The normalized spacial score (nSPS) is 26.2. The van der Waals surface area contributed by atoms with Crippen LogP contribution in [0.2, 0.25) is 0 Å². The molecule has 0 aromatic carbocycles. The smallest absolute Gasteiger partial charge is 0.330 e. The summed E-state index contributed by atoms with van der Waals surface area (Å²) in [5, 5.41) is 0. The molecule has 0 aromatic heterocycles. The summed E-state index contributed by atoms with van der Waals surface area (Å²) < 4.78 is 4.86. The number of piperazine rings is 1. The molecular formula is C14H24N2O2. The van der Waals surface area contributed by atoms with Crippen LogP contribution in [0.3, 0.4) is 0 Å². The van der Waals surface area contributed by atoms with Gasteiger partial charge in [-0.3, -0.25) is 9.80 Å². The topological polar surface area (TPSA) is 32.8 Å². The average Bonchev–Trinajstić information content (AvgIpc) is 2.39. The van der Waals surface area contributed by atoms with Crippen molar-refractivity contribution in [3.05, 3.63) is 12.2 Å². The van der Waals surface area contributed by atoms with Crippen LogP contribution in [0.25, 0.3) is 0 Å². The van der Waals surface area contributed by atoms with E-state index in [0.29, 0.717) is 6.61 Å². The highest BCUT2D eigenvalue weighted by molar-refractivity contribution is 5.81. The number of rotatable bonds is 4. The van der Waals surface area contributed by atoms with Crippen LogP contribution in [0.5, 0.6) is 0 Å². The van der Waals surface area contributed by atoms with E-state index in [1.54, 1.807) is 6.08 Å². The zero-order chi connectivity index (χ0) is 12.8. The summed E-state index contributed by atoms with van der Waals surface area (Å²) in [6.07, 6.45) is 7.54. The van der Waals surface area contributed by atoms with Crippen LogP contribution in [0.15, 0.2) is 12.2 Å². The lowest BCUT2D eigenvalue weighted by Crippen LogP contribution is -2.54. The molecule has 2 saturated heterocycles. The number of hydrogen-bond acceptors (Lipinski definition) is 4. The second kappa shape index (κ2) is 6.90. The Labute approximate surface area is 110 Å². The lowest BCUT2D eigenvalue weighted by atomic mass is 9.99. The number of fused-ring (bicyclic) bond motifs is 1. The molecule has 102 valence electrons. The first kappa shape index (κ1) is 13.6. The van der Waals surface area contributed by atoms with Crippen molar-refractivity contribution in [2.75, 3.05) is 39.3 Å². The van der Waals surface area contributed by atoms with Gasteiger partial charge >= 0.3 is 5.97 Å². The van der Waals surface area contributed by atoms with Gasteiger partial charge in [-0.25, -0.2) is 4.79 Å². The zero-order valence-electron chi connectivity index (χ0n) is 11.3. The summed E-state index contributed by atoms with van der Waals surface area (Å²) in [4.78, 5) is 16.2. The van der Waals surface area contributed by atoms with Gasteiger partial charge in [0.1, 0.15) is 0 Å². The van der Waals surface area contributed by atoms with E-state index in [0.717, 1.165) is 25.7 Å². The fourth-order valence-electron chi connectivity index (χ4n) is 2.87. The van der Waals surface area contributed by atoms with Gasteiger partial charge < -0.3 is 4.74 Å². The molecule has 0 spiro atoms. The van der Waals surface area contributed by atoms with Gasteiger partial charge in [-0.05, 0) is 26.3 Å². The van der Waals surface area contributed by atoms with Gasteiger partial charge in [0.05, 0.1) is 6.61 Å². The van der Waals surface area contributed by atoms with Crippen molar-refractivity contribution in [2.24, 2.45) is 0 Å². The molecule has 4 nitrogen and oxygen atoms in total. The Morgan fingerprint density at radius 2 is 2.22 bits per heavy atom. The van der Waals surface area contributed by atoms with Gasteiger partial charge in [0.25, 0.3) is 0 Å². The maximum atomic E-state index is 11.2. The van der Waals surface area contributed by atoms with Gasteiger partial charge in [-0.15, -0.1) is 0 Å². The standard InChI is InChI=1S/C14H24N2O2/c1-2-18-14(17)7-5-8-15-10-11-16-9-4-3-6-13(16)12-15/h5,7,13H,2-4,6,8-12H2,1H3/b7-5+. The van der Waals surface area contributed by atoms with E-state index < -0.39 is 0 Å². The van der Waals surface area contributed by atoms with E-state index >= 15 is 0 Å². The molecule has 0 aromatic rings. The Balaban J connectivity index is 1.72. The first-order valence-corrected chi connectivity index (χ1v) is 7.09. The first-order valence-electron chi connectivity index (χ1n) is 7.09. The Morgan fingerprint density at radius 3 is 3.06 bits per heavy atom. The molecule has 2 heterocycles. The van der Waals surface area contributed by atoms with Crippen molar-refractivity contribution in [1.82, 2.24) is 9.80 Å². The van der Waals surface area contributed by atoms with Crippen molar-refractivity contribution in [3.63, 3.8) is 0 Å². The van der Waals surface area contributed by atoms with Crippen LogP contribution in [0.4, 0.5) is 0 Å². The lowest BCUT2D eigenvalue weighted by Gasteiger charge is -2.43. The highest BCUT2D eigenvalue weighted by Gasteiger charge is 2.28. The molecule has 0 N–H and O–H groups in total. The molecule has 0 radical (unpaired) electrons. The molecule has 1 unspecified atom stereocenters. The van der Waals surface area contributed by atoms with Crippen LogP contribution >= 0.6 is 0 Å². The number of esters is 1. The molecule has 0 amide bonds. The molecule has 2 fully saturated rings. The number of carbonyl (C=O) groups is 1. The van der Waals surface area contributed by atoms with E-state index in [2.05, 4.69) is 9.80 Å². The summed E-state index contributed by atoms with van der Waals surface area (Å²) in [5.74, 6) is -0.228. The van der Waals surface area contributed by atoms with Crippen molar-refractivity contribution in [2.45, 2.75) is 32.2 Å². The van der Waals surface area contributed by atoms with E-state index in [1.807, 2.05) is 13.0 Å². The minimum Gasteiger partial charge on any atom is -0.463 e. The maximum absolute atomic E-state index is 11.2. The third-order valence-electron chi connectivity index (χ3n) is 3.83. The predicted molar refractivity (Wildman–Crippen MR) is 71.4 cm³/mol. The molecular weight excluding hydrogens is 228 g/mol. The Bertz CT molecular complexity index is 304. The summed E-state index contributed by atoms with van der Waals surface area (Å²) in [6, 6.07) is 0.739. The fourth-order valence-corrected chi connectivity index (χ4v) is 2.87. The SMILES string of the molecule is CCOC(=O)/C=C/CN1CCN2CCCCC2C1. The van der Waals surface area contributed by atoms with Gasteiger partial charge in [-0.2, -0.15) is 0 Å². The highest BCUT2D eigenvalue weighted by Crippen LogP contribution is 2.20. The highest BCUT2D eigenvalue weighted by atomic mass is 16.5. The molecule has 0 saturated carbocycles. The van der Waals surface area contributed by atoms with Gasteiger partial charge in [0, 0.05) is 38.3 Å². The second-order valence-electron chi connectivity index (χ2n) is 5.10. The quantitative estimate of drug-likeness (QED) is 0.557. The summed E-state index contributed by atoms with van der Waals surface area (Å²) in [5.41, 5.74) is 0. The van der Waals surface area contributed by atoms with Crippen molar-refractivity contribution in [1.29, 1.82) is 0 Å². The van der Waals surface area contributed by atoms with Gasteiger partial charge in [0.15, 0.2) is 0 Å². The summed E-state index contributed by atoms with van der Waals surface area (Å²) in [7, 11) is 0. The largest absolute Gasteiger partial charge is 0.463 e. The Hall–Kier alpha value is -0.870. The van der Waals surface area contributed by atoms with Crippen molar-refractivity contribution in [3.8, 4) is 0 Å². The third kappa shape index (κ3) is 3.82. The molecule has 2 rings (SSSR count). The molecule has 2 aliphatic heterocycles. The molecule has 0 aliphatic carbocycles. The Morgan fingerprint density at radius 1 is 1.33 bits per heavy atom. The first-order chi connectivity index (χ1) is 8.79. The van der Waals surface area contributed by atoms with Crippen LogP contribution in [-0.2, 0) is 9.53 Å². The lowest BCUT2D eigenvalue weighted by molar-refractivity contribution is -0.137.